The first-order chi connectivity index (χ1) is 9.00. The summed E-state index contributed by atoms with van der Waals surface area (Å²) >= 11 is 0. The highest BCUT2D eigenvalue weighted by Crippen LogP contribution is 2.53. The second-order valence-electron chi connectivity index (χ2n) is 8.08. The smallest absolute Gasteiger partial charge is 0.310 e. The lowest BCUT2D eigenvalue weighted by Gasteiger charge is -2.49. The lowest BCUT2D eigenvalue weighted by molar-refractivity contribution is -0.167. The second-order valence-corrected chi connectivity index (χ2v) is 8.08. The molecule has 20 heavy (non-hydrogen) atoms. The predicted molar refractivity (Wildman–Crippen MR) is 87.0 cm³/mol. The minimum atomic E-state index is -0.705. The van der Waals surface area contributed by atoms with E-state index in [9.17, 15) is 9.90 Å². The Morgan fingerprint density at radius 2 is 1.30 bits per heavy atom. The molecular weight excluding hydrogens is 248 g/mol. The van der Waals surface area contributed by atoms with Crippen LogP contribution in [0.15, 0.2) is 0 Å². The summed E-state index contributed by atoms with van der Waals surface area (Å²) in [6.45, 7) is 14.5. The molecule has 0 saturated carbocycles. The van der Waals surface area contributed by atoms with Crippen molar-refractivity contribution in [3.8, 4) is 0 Å². The van der Waals surface area contributed by atoms with E-state index in [-0.39, 0.29) is 10.8 Å². The molecular formula is C18H36O2. The molecule has 0 fully saturated rings. The summed E-state index contributed by atoms with van der Waals surface area (Å²) in [5.74, 6) is -0.666. The standard InChI is InChI=1S/C18H36O2/c1-8-9-10-11-12-13-14-17(5,6)18(7,15(19)20)16(2,3)4/h8-14H2,1-7H3,(H,19,20). The normalized spacial score (nSPS) is 15.9. The van der Waals surface area contributed by atoms with Crippen molar-refractivity contribution >= 4 is 5.97 Å². The van der Waals surface area contributed by atoms with Gasteiger partial charge in [-0.15, -0.1) is 0 Å². The molecule has 0 spiro atoms. The lowest BCUT2D eigenvalue weighted by atomic mass is 9.53. The molecule has 0 heterocycles. The van der Waals surface area contributed by atoms with Crippen LogP contribution in [0.2, 0.25) is 0 Å². The van der Waals surface area contributed by atoms with Crippen molar-refractivity contribution in [3.05, 3.63) is 0 Å². The van der Waals surface area contributed by atoms with E-state index >= 15 is 0 Å². The van der Waals surface area contributed by atoms with E-state index in [0.29, 0.717) is 0 Å². The lowest BCUT2D eigenvalue weighted by Crippen LogP contribution is -2.51. The number of unbranched alkanes of at least 4 members (excludes halogenated alkanes) is 5. The average Bonchev–Trinajstić information content (AvgIpc) is 2.30. The van der Waals surface area contributed by atoms with E-state index in [1.165, 1.54) is 32.1 Å². The minimum Gasteiger partial charge on any atom is -0.481 e. The molecule has 1 atom stereocenters. The van der Waals surface area contributed by atoms with Crippen LogP contribution in [0, 0.1) is 16.2 Å². The highest BCUT2D eigenvalue weighted by atomic mass is 16.4. The molecule has 0 aliphatic carbocycles. The maximum absolute atomic E-state index is 11.9. The van der Waals surface area contributed by atoms with Gasteiger partial charge in [0.2, 0.25) is 0 Å². The molecule has 0 aliphatic heterocycles. The maximum Gasteiger partial charge on any atom is 0.310 e. The van der Waals surface area contributed by atoms with E-state index in [1.54, 1.807) is 0 Å². The summed E-state index contributed by atoms with van der Waals surface area (Å²) in [5.41, 5.74) is -1.14. The molecule has 0 aliphatic rings. The van der Waals surface area contributed by atoms with Gasteiger partial charge in [0.25, 0.3) is 0 Å². The van der Waals surface area contributed by atoms with Crippen LogP contribution in [-0.2, 0) is 4.79 Å². The third-order valence-electron chi connectivity index (χ3n) is 5.44. The zero-order chi connectivity index (χ0) is 16.0. The largest absolute Gasteiger partial charge is 0.481 e. The zero-order valence-electron chi connectivity index (χ0n) is 14.8. The summed E-state index contributed by atoms with van der Waals surface area (Å²) in [5, 5.41) is 9.78. The number of carboxylic acids is 1. The molecule has 1 unspecified atom stereocenters. The fourth-order valence-corrected chi connectivity index (χ4v) is 3.22. The molecule has 0 rings (SSSR count). The second kappa shape index (κ2) is 7.47. The topological polar surface area (TPSA) is 37.3 Å². The molecule has 0 aromatic heterocycles. The quantitative estimate of drug-likeness (QED) is 0.535. The highest BCUT2D eigenvalue weighted by molar-refractivity contribution is 5.76. The molecule has 2 nitrogen and oxygen atoms in total. The Balaban J connectivity index is 4.63. The van der Waals surface area contributed by atoms with Crippen LogP contribution < -0.4 is 0 Å². The van der Waals surface area contributed by atoms with E-state index in [2.05, 4.69) is 20.8 Å². The highest BCUT2D eigenvalue weighted by Gasteiger charge is 2.54. The maximum atomic E-state index is 11.9. The predicted octanol–water partition coefficient (Wildman–Crippen LogP) is 5.90. The van der Waals surface area contributed by atoms with Gasteiger partial charge in [0.15, 0.2) is 0 Å². The number of hydrogen-bond acceptors (Lipinski definition) is 1. The number of carbonyl (C=O) groups is 1. The molecule has 1 N–H and O–H groups in total. The van der Waals surface area contributed by atoms with Crippen LogP contribution in [0.5, 0.6) is 0 Å². The van der Waals surface area contributed by atoms with Gasteiger partial charge in [0.1, 0.15) is 0 Å². The van der Waals surface area contributed by atoms with Gasteiger partial charge < -0.3 is 5.11 Å². The Bertz CT molecular complexity index is 299. The van der Waals surface area contributed by atoms with Crippen molar-refractivity contribution in [2.45, 2.75) is 93.4 Å². The first kappa shape index (κ1) is 19.5. The number of hydrogen-bond donors (Lipinski definition) is 1. The number of carboxylic acid groups (broad SMARTS) is 1. The SMILES string of the molecule is CCCCCCCCC(C)(C)C(C)(C(=O)O)C(C)(C)C. The fourth-order valence-electron chi connectivity index (χ4n) is 3.22. The van der Waals surface area contributed by atoms with E-state index in [0.717, 1.165) is 12.8 Å². The first-order valence-electron chi connectivity index (χ1n) is 8.24. The van der Waals surface area contributed by atoms with Crippen molar-refractivity contribution in [3.63, 3.8) is 0 Å². The van der Waals surface area contributed by atoms with Crippen molar-refractivity contribution in [1.82, 2.24) is 0 Å². The zero-order valence-corrected chi connectivity index (χ0v) is 14.8. The van der Waals surface area contributed by atoms with Crippen LogP contribution >= 0.6 is 0 Å². The van der Waals surface area contributed by atoms with Gasteiger partial charge in [0, 0.05) is 0 Å². The Labute approximate surface area is 126 Å². The minimum absolute atomic E-state index is 0.193. The summed E-state index contributed by atoms with van der Waals surface area (Å²) in [4.78, 5) is 11.9. The van der Waals surface area contributed by atoms with Gasteiger partial charge in [-0.2, -0.15) is 0 Å². The molecule has 2 heteroatoms. The molecule has 0 aromatic rings. The molecule has 0 saturated heterocycles. The summed E-state index contributed by atoms with van der Waals surface area (Å²) in [6, 6.07) is 0. The molecule has 0 amide bonds. The van der Waals surface area contributed by atoms with Crippen LogP contribution in [0.3, 0.4) is 0 Å². The summed E-state index contributed by atoms with van der Waals surface area (Å²) in [7, 11) is 0. The van der Waals surface area contributed by atoms with E-state index < -0.39 is 11.4 Å². The van der Waals surface area contributed by atoms with E-state index in [1.807, 2.05) is 27.7 Å². The van der Waals surface area contributed by atoms with Crippen LogP contribution in [0.4, 0.5) is 0 Å². The van der Waals surface area contributed by atoms with Gasteiger partial charge in [-0.1, -0.05) is 80.1 Å². The molecule has 0 aromatic carbocycles. The van der Waals surface area contributed by atoms with Crippen molar-refractivity contribution < 1.29 is 9.90 Å². The third-order valence-corrected chi connectivity index (χ3v) is 5.44. The monoisotopic (exact) mass is 284 g/mol. The number of rotatable bonds is 9. The summed E-state index contributed by atoms with van der Waals surface area (Å²) < 4.78 is 0. The van der Waals surface area contributed by atoms with E-state index in [4.69, 9.17) is 0 Å². The Hall–Kier alpha value is -0.530. The van der Waals surface area contributed by atoms with Crippen LogP contribution in [-0.4, -0.2) is 11.1 Å². The fraction of sp³-hybridized carbons (Fsp3) is 0.944. The van der Waals surface area contributed by atoms with Gasteiger partial charge >= 0.3 is 5.97 Å². The van der Waals surface area contributed by atoms with Gasteiger partial charge in [-0.25, -0.2) is 0 Å². The van der Waals surface area contributed by atoms with Crippen molar-refractivity contribution in [2.24, 2.45) is 16.2 Å². The first-order valence-corrected chi connectivity index (χ1v) is 8.24. The molecule has 0 radical (unpaired) electrons. The van der Waals surface area contributed by atoms with Crippen molar-refractivity contribution in [2.75, 3.05) is 0 Å². The van der Waals surface area contributed by atoms with Gasteiger partial charge in [-0.3, -0.25) is 4.79 Å². The Morgan fingerprint density at radius 3 is 1.70 bits per heavy atom. The Morgan fingerprint density at radius 1 is 0.850 bits per heavy atom. The summed E-state index contributed by atoms with van der Waals surface area (Å²) in [6.07, 6.45) is 8.53. The van der Waals surface area contributed by atoms with Gasteiger partial charge in [0.05, 0.1) is 5.41 Å². The van der Waals surface area contributed by atoms with Crippen molar-refractivity contribution in [1.29, 1.82) is 0 Å². The molecule has 0 bridgehead atoms. The van der Waals surface area contributed by atoms with Crippen LogP contribution in [0.1, 0.15) is 93.4 Å². The average molecular weight is 284 g/mol. The van der Waals surface area contributed by atoms with Gasteiger partial charge in [-0.05, 0) is 24.2 Å². The third kappa shape index (κ3) is 4.49. The number of aliphatic carboxylic acids is 1. The van der Waals surface area contributed by atoms with Crippen LogP contribution in [0.25, 0.3) is 0 Å². The Kier molecular flexibility index (Phi) is 7.27. The molecule has 120 valence electrons.